The van der Waals surface area contributed by atoms with Crippen LogP contribution in [0.15, 0.2) is 36.7 Å². The number of nitrogens with one attached hydrogen (secondary N) is 2. The first-order valence-corrected chi connectivity index (χ1v) is 13.2. The largest absolute Gasteiger partial charge is 0.798 e. The Morgan fingerprint density at radius 2 is 1.68 bits per heavy atom. The van der Waals surface area contributed by atoms with Crippen LogP contribution in [0.2, 0.25) is 0 Å². The average molecular weight is 436 g/mol. The van der Waals surface area contributed by atoms with Gasteiger partial charge in [0.25, 0.3) is 0 Å². The van der Waals surface area contributed by atoms with Gasteiger partial charge in [0, 0.05) is 32.8 Å². The summed E-state index contributed by atoms with van der Waals surface area (Å²) in [4.78, 5) is 24.5. The van der Waals surface area contributed by atoms with E-state index in [4.69, 9.17) is 11.5 Å². The summed E-state index contributed by atoms with van der Waals surface area (Å²) in [6.07, 6.45) is 11.7. The van der Waals surface area contributed by atoms with Crippen molar-refractivity contribution in [2.45, 2.75) is 31.3 Å². The number of hydrogen-bond acceptors (Lipinski definition) is 9. The van der Waals surface area contributed by atoms with Crippen molar-refractivity contribution in [3.05, 3.63) is 36.7 Å². The average Bonchev–Trinajstić information content (AvgIpc) is 2.64. The fraction of sp³-hybridized carbons (Fsp3) is 0.647. The highest BCUT2D eigenvalue weighted by Gasteiger charge is 2.25. The Hall–Kier alpha value is -0.920. The van der Waals surface area contributed by atoms with Crippen LogP contribution >= 0.6 is 14.7 Å². The predicted octanol–water partition coefficient (Wildman–Crippen LogP) is -0.220. The lowest BCUT2D eigenvalue weighted by atomic mass is 10.2. The molecular weight excluding hydrogens is 402 g/mol. The summed E-state index contributed by atoms with van der Waals surface area (Å²) in [7, 11) is -8.12. The van der Waals surface area contributed by atoms with E-state index in [1.54, 1.807) is 24.3 Å². The van der Waals surface area contributed by atoms with Crippen LogP contribution in [0.3, 0.4) is 0 Å². The monoisotopic (exact) mass is 436 g/mol. The van der Waals surface area contributed by atoms with Crippen LogP contribution in [0.25, 0.3) is 0 Å². The Morgan fingerprint density at radius 3 is 2.32 bits per heavy atom. The van der Waals surface area contributed by atoms with Crippen LogP contribution in [0, 0.1) is 0 Å². The highest BCUT2D eigenvalue weighted by Crippen LogP contribution is 2.47. The molecule has 0 aromatic rings. The van der Waals surface area contributed by atoms with Crippen molar-refractivity contribution in [1.82, 2.24) is 10.6 Å². The minimum Gasteiger partial charge on any atom is -0.798 e. The SMILES string of the molecule is N/C=C/C=C/C=C\NCP(=O)([O-])CC(CO)P(=O)([O-])CNCCCCCCN. The van der Waals surface area contributed by atoms with E-state index in [1.807, 2.05) is 0 Å². The number of unbranched alkanes of at least 4 members (excludes halogenated alkanes) is 3. The van der Waals surface area contributed by atoms with E-state index in [-0.39, 0.29) is 6.29 Å². The number of allylic oxidation sites excluding steroid dienone is 4. The number of aliphatic hydroxyl groups excluding tert-OH is 1. The van der Waals surface area contributed by atoms with Gasteiger partial charge in [-0.05, 0) is 50.5 Å². The fourth-order valence-electron chi connectivity index (χ4n) is 2.31. The summed E-state index contributed by atoms with van der Waals surface area (Å²) in [5, 5.41) is 14.8. The van der Waals surface area contributed by atoms with Crippen LogP contribution in [0.5, 0.6) is 0 Å². The molecule has 7 N–H and O–H groups in total. The number of rotatable bonds is 17. The maximum Gasteiger partial charge on any atom is 0.0552 e. The molecule has 0 aromatic carbocycles. The van der Waals surface area contributed by atoms with Crippen molar-refractivity contribution < 1.29 is 24.0 Å². The smallest absolute Gasteiger partial charge is 0.0552 e. The second kappa shape index (κ2) is 15.9. The summed E-state index contributed by atoms with van der Waals surface area (Å²) >= 11 is 0. The third-order valence-electron chi connectivity index (χ3n) is 3.89. The van der Waals surface area contributed by atoms with Gasteiger partial charge in [-0.15, -0.1) is 0 Å². The Morgan fingerprint density at radius 1 is 1.00 bits per heavy atom. The molecule has 9 nitrogen and oxygen atoms in total. The van der Waals surface area contributed by atoms with Gasteiger partial charge in [-0.2, -0.15) is 0 Å². The lowest BCUT2D eigenvalue weighted by Gasteiger charge is -2.36. The van der Waals surface area contributed by atoms with Crippen molar-refractivity contribution in [2.75, 3.05) is 38.4 Å². The molecule has 3 unspecified atom stereocenters. The molecule has 28 heavy (non-hydrogen) atoms. The standard InChI is InChI=1S/C17H36N4O5P2/c18-9-5-1-3-7-11-20-15-27(23,24)14-17(13-22)28(25,26)16-21-12-8-4-2-6-10-19/h1,3,5,7,9,11,17,20-22H,2,4,6,8,10,12-16,18-19H2,(H,23,24)(H,25,26)/p-2/b3-1+,9-5+,11-7-. The van der Waals surface area contributed by atoms with Crippen molar-refractivity contribution in [1.29, 1.82) is 0 Å². The first kappa shape index (κ1) is 27.1. The lowest BCUT2D eigenvalue weighted by Crippen LogP contribution is -2.34. The van der Waals surface area contributed by atoms with E-state index in [2.05, 4.69) is 10.6 Å². The molecule has 0 bridgehead atoms. The highest BCUT2D eigenvalue weighted by molar-refractivity contribution is 7.61. The van der Waals surface area contributed by atoms with Gasteiger partial charge in [-0.25, -0.2) is 0 Å². The van der Waals surface area contributed by atoms with Crippen LogP contribution < -0.4 is 31.9 Å². The second-order valence-corrected chi connectivity index (χ2v) is 11.2. The fourth-order valence-corrected chi connectivity index (χ4v) is 6.30. The van der Waals surface area contributed by atoms with E-state index >= 15 is 0 Å². The zero-order valence-corrected chi connectivity index (χ0v) is 18.0. The molecule has 0 aliphatic rings. The molecule has 0 rings (SSSR count). The van der Waals surface area contributed by atoms with Gasteiger partial charge in [0.1, 0.15) is 0 Å². The zero-order valence-electron chi connectivity index (χ0n) is 16.2. The first-order valence-electron chi connectivity index (χ1n) is 9.33. The Labute approximate surface area is 167 Å². The van der Waals surface area contributed by atoms with Crippen molar-refractivity contribution >= 4 is 14.7 Å². The Kier molecular flexibility index (Phi) is 15.4. The molecule has 0 fully saturated rings. The quantitative estimate of drug-likeness (QED) is 0.117. The van der Waals surface area contributed by atoms with E-state index in [0.717, 1.165) is 25.7 Å². The second-order valence-electron chi connectivity index (χ2n) is 6.41. The molecule has 164 valence electrons. The van der Waals surface area contributed by atoms with Gasteiger partial charge in [0.05, 0.1) is 12.9 Å². The minimum absolute atomic E-state index is 0.331. The summed E-state index contributed by atoms with van der Waals surface area (Å²) in [5.74, 6) is 0. The summed E-state index contributed by atoms with van der Waals surface area (Å²) in [6.45, 7) is 0.433. The van der Waals surface area contributed by atoms with Gasteiger partial charge in [0.2, 0.25) is 0 Å². The number of hydrogen-bond donors (Lipinski definition) is 5. The molecule has 0 saturated heterocycles. The first-order chi connectivity index (χ1) is 13.3. The Balaban J connectivity index is 4.37. The van der Waals surface area contributed by atoms with Crippen LogP contribution in [-0.4, -0.2) is 49.2 Å². The number of aliphatic hydroxyl groups is 1. The minimum atomic E-state index is -4.10. The summed E-state index contributed by atoms with van der Waals surface area (Å²) in [6, 6.07) is 0. The van der Waals surface area contributed by atoms with Crippen LogP contribution in [0.4, 0.5) is 0 Å². The van der Waals surface area contributed by atoms with Crippen molar-refractivity contribution in [3.8, 4) is 0 Å². The van der Waals surface area contributed by atoms with Crippen molar-refractivity contribution in [2.24, 2.45) is 11.5 Å². The van der Waals surface area contributed by atoms with Crippen LogP contribution in [0.1, 0.15) is 25.7 Å². The topological polar surface area (TPSA) is 177 Å². The van der Waals surface area contributed by atoms with Gasteiger partial charge in [0.15, 0.2) is 0 Å². The molecule has 0 aromatic heterocycles. The van der Waals surface area contributed by atoms with Gasteiger partial charge >= 0.3 is 0 Å². The zero-order chi connectivity index (χ0) is 21.3. The van der Waals surface area contributed by atoms with Crippen molar-refractivity contribution in [3.63, 3.8) is 0 Å². The van der Waals surface area contributed by atoms with Crippen LogP contribution in [-0.2, 0) is 9.13 Å². The van der Waals surface area contributed by atoms with Gasteiger partial charge < -0.3 is 46.1 Å². The third-order valence-corrected chi connectivity index (χ3v) is 7.96. The molecule has 0 heterocycles. The summed E-state index contributed by atoms with van der Waals surface area (Å²) < 4.78 is 24.5. The molecule has 0 saturated carbocycles. The molecule has 0 radical (unpaired) electrons. The molecule has 11 heteroatoms. The summed E-state index contributed by atoms with van der Waals surface area (Å²) in [5.41, 5.74) is 9.24. The molecule has 0 aliphatic carbocycles. The van der Waals surface area contributed by atoms with E-state index in [9.17, 15) is 24.0 Å². The molecule has 0 aliphatic heterocycles. The molecule has 0 amide bonds. The van der Waals surface area contributed by atoms with E-state index in [0.29, 0.717) is 13.1 Å². The van der Waals surface area contributed by atoms with Gasteiger partial charge in [-0.1, -0.05) is 25.0 Å². The molecule has 0 spiro atoms. The highest BCUT2D eigenvalue weighted by atomic mass is 31.2. The van der Waals surface area contributed by atoms with E-state index < -0.39 is 39.5 Å². The molecular formula is C17H34N4O5P2-2. The number of nitrogens with two attached hydrogens (primary N) is 2. The Bertz CT molecular complexity index is 584. The molecule has 3 atom stereocenters. The maximum absolute atomic E-state index is 12.3. The van der Waals surface area contributed by atoms with E-state index in [1.165, 1.54) is 12.4 Å². The van der Waals surface area contributed by atoms with Gasteiger partial charge in [-0.3, -0.25) is 0 Å². The maximum atomic E-state index is 12.3. The normalized spacial score (nSPS) is 17.9. The lowest BCUT2D eigenvalue weighted by molar-refractivity contribution is -0.182. The predicted molar refractivity (Wildman–Crippen MR) is 111 cm³/mol. The third kappa shape index (κ3) is 14.1.